The van der Waals surface area contributed by atoms with Crippen molar-refractivity contribution in [3.63, 3.8) is 0 Å². The van der Waals surface area contributed by atoms with Crippen molar-refractivity contribution in [2.45, 2.75) is 20.3 Å². The molecule has 0 amide bonds. The lowest BCUT2D eigenvalue weighted by Gasteiger charge is -2.07. The third-order valence-corrected chi connectivity index (χ3v) is 2.71. The number of aromatic nitrogens is 1. The summed E-state index contributed by atoms with van der Waals surface area (Å²) in [6, 6.07) is 7.81. The monoisotopic (exact) mass is 259 g/mol. The van der Waals surface area contributed by atoms with Gasteiger partial charge in [0, 0.05) is 6.42 Å². The molecule has 0 saturated heterocycles. The molecule has 3 nitrogen and oxygen atoms in total. The Bertz CT molecular complexity index is 594. The fourth-order valence-corrected chi connectivity index (χ4v) is 1.60. The Labute approximate surface area is 111 Å². The van der Waals surface area contributed by atoms with Gasteiger partial charge in [0.15, 0.2) is 5.78 Å². The molecule has 0 bridgehead atoms. The van der Waals surface area contributed by atoms with Crippen molar-refractivity contribution in [1.29, 1.82) is 0 Å². The molecule has 0 atom stereocenters. The highest BCUT2D eigenvalue weighted by atomic mass is 19.1. The molecule has 0 fully saturated rings. The number of halogens is 1. The molecule has 1 heterocycles. The third kappa shape index (κ3) is 3.16. The van der Waals surface area contributed by atoms with E-state index in [-0.39, 0.29) is 11.6 Å². The van der Waals surface area contributed by atoms with Gasteiger partial charge in [-0.05, 0) is 42.8 Å². The molecule has 0 N–H and O–H groups in total. The Kier molecular flexibility index (Phi) is 3.90. The van der Waals surface area contributed by atoms with Gasteiger partial charge in [-0.25, -0.2) is 9.37 Å². The molecule has 2 aromatic rings. The summed E-state index contributed by atoms with van der Waals surface area (Å²) < 4.78 is 18.7. The van der Waals surface area contributed by atoms with Crippen LogP contribution in [0.5, 0.6) is 11.5 Å². The van der Waals surface area contributed by atoms with Crippen LogP contribution in [0.1, 0.15) is 29.4 Å². The molecule has 1 aromatic carbocycles. The van der Waals surface area contributed by atoms with Crippen LogP contribution in [-0.2, 0) is 0 Å². The van der Waals surface area contributed by atoms with Gasteiger partial charge in [-0.1, -0.05) is 6.92 Å². The van der Waals surface area contributed by atoms with Gasteiger partial charge in [0.1, 0.15) is 23.0 Å². The summed E-state index contributed by atoms with van der Waals surface area (Å²) in [4.78, 5) is 15.5. The van der Waals surface area contributed by atoms with Crippen molar-refractivity contribution < 1.29 is 13.9 Å². The molecule has 0 spiro atoms. The number of hydrogen-bond donors (Lipinski definition) is 0. The Morgan fingerprint density at radius 3 is 2.58 bits per heavy atom. The minimum atomic E-state index is -0.269. The number of ether oxygens (including phenoxy) is 1. The SMILES string of the molecule is CCC(=O)c1ccc(Oc2ccc(F)c(C)c2)cn1. The summed E-state index contributed by atoms with van der Waals surface area (Å²) in [7, 11) is 0. The summed E-state index contributed by atoms with van der Waals surface area (Å²) in [5.41, 5.74) is 0.938. The maximum atomic E-state index is 13.1. The molecular weight excluding hydrogens is 245 g/mol. The Hall–Kier alpha value is -2.23. The zero-order chi connectivity index (χ0) is 13.8. The van der Waals surface area contributed by atoms with Gasteiger partial charge in [0.05, 0.1) is 6.20 Å². The number of ketones is 1. The number of hydrogen-bond acceptors (Lipinski definition) is 3. The zero-order valence-corrected chi connectivity index (χ0v) is 10.8. The first-order valence-electron chi connectivity index (χ1n) is 6.03. The predicted octanol–water partition coefficient (Wildman–Crippen LogP) is 3.91. The minimum absolute atomic E-state index is 0.0100. The second-order valence-electron chi connectivity index (χ2n) is 4.17. The lowest BCUT2D eigenvalue weighted by Crippen LogP contribution is -1.99. The van der Waals surface area contributed by atoms with E-state index in [9.17, 15) is 9.18 Å². The average Bonchev–Trinajstić information content (AvgIpc) is 2.43. The van der Waals surface area contributed by atoms with Crippen molar-refractivity contribution in [1.82, 2.24) is 4.98 Å². The van der Waals surface area contributed by atoms with Crippen LogP contribution < -0.4 is 4.74 Å². The summed E-state index contributed by atoms with van der Waals surface area (Å²) in [6.07, 6.45) is 1.91. The van der Waals surface area contributed by atoms with E-state index in [1.807, 2.05) is 0 Å². The minimum Gasteiger partial charge on any atom is -0.456 e. The van der Waals surface area contributed by atoms with Crippen LogP contribution in [0, 0.1) is 12.7 Å². The van der Waals surface area contributed by atoms with Crippen molar-refractivity contribution in [2.24, 2.45) is 0 Å². The molecule has 0 saturated carbocycles. The van der Waals surface area contributed by atoms with Crippen LogP contribution in [0.2, 0.25) is 0 Å². The molecule has 0 aliphatic heterocycles. The molecule has 0 radical (unpaired) electrons. The van der Waals surface area contributed by atoms with E-state index in [1.165, 1.54) is 12.3 Å². The predicted molar refractivity (Wildman–Crippen MR) is 70.1 cm³/mol. The normalized spacial score (nSPS) is 10.3. The number of rotatable bonds is 4. The first kappa shape index (κ1) is 13.2. The highest BCUT2D eigenvalue weighted by Gasteiger charge is 2.06. The van der Waals surface area contributed by atoms with Crippen molar-refractivity contribution >= 4 is 5.78 Å². The molecule has 0 aliphatic carbocycles. The summed E-state index contributed by atoms with van der Waals surface area (Å²) in [6.45, 7) is 3.46. The first-order chi connectivity index (χ1) is 9.10. The Morgan fingerprint density at radius 2 is 2.00 bits per heavy atom. The fourth-order valence-electron chi connectivity index (χ4n) is 1.60. The second kappa shape index (κ2) is 5.61. The van der Waals surface area contributed by atoms with Gasteiger partial charge < -0.3 is 4.74 Å². The van der Waals surface area contributed by atoms with Gasteiger partial charge in [0.2, 0.25) is 0 Å². The lowest BCUT2D eigenvalue weighted by molar-refractivity contribution is 0.0983. The molecule has 0 unspecified atom stereocenters. The largest absolute Gasteiger partial charge is 0.456 e. The van der Waals surface area contributed by atoms with E-state index in [2.05, 4.69) is 4.98 Å². The molecular formula is C15H14FNO2. The van der Waals surface area contributed by atoms with Gasteiger partial charge in [-0.2, -0.15) is 0 Å². The van der Waals surface area contributed by atoms with Crippen LogP contribution >= 0.6 is 0 Å². The van der Waals surface area contributed by atoms with E-state index < -0.39 is 0 Å². The number of carbonyl (C=O) groups is 1. The maximum Gasteiger partial charge on any atom is 0.180 e. The van der Waals surface area contributed by atoms with Crippen LogP contribution in [0.3, 0.4) is 0 Å². The molecule has 2 rings (SSSR count). The molecule has 1 aromatic heterocycles. The lowest BCUT2D eigenvalue weighted by atomic mass is 10.2. The highest BCUT2D eigenvalue weighted by Crippen LogP contribution is 2.22. The smallest absolute Gasteiger partial charge is 0.180 e. The van der Waals surface area contributed by atoms with Crippen LogP contribution in [0.25, 0.3) is 0 Å². The molecule has 4 heteroatoms. The molecule has 19 heavy (non-hydrogen) atoms. The van der Waals surface area contributed by atoms with Gasteiger partial charge in [-0.15, -0.1) is 0 Å². The fraction of sp³-hybridized carbons (Fsp3) is 0.200. The van der Waals surface area contributed by atoms with E-state index in [1.54, 1.807) is 38.1 Å². The Morgan fingerprint density at radius 1 is 1.26 bits per heavy atom. The van der Waals surface area contributed by atoms with Crippen LogP contribution in [0.4, 0.5) is 4.39 Å². The van der Waals surface area contributed by atoms with E-state index in [4.69, 9.17) is 4.74 Å². The number of Topliss-reactive ketones (excluding diaryl/α,β-unsaturated/α-hetero) is 1. The number of pyridine rings is 1. The number of carbonyl (C=O) groups excluding carboxylic acids is 1. The van der Waals surface area contributed by atoms with E-state index in [0.717, 1.165) is 0 Å². The summed E-state index contributed by atoms with van der Waals surface area (Å²) in [5.74, 6) is 0.771. The second-order valence-corrected chi connectivity index (χ2v) is 4.17. The topological polar surface area (TPSA) is 39.2 Å². The number of nitrogens with zero attached hydrogens (tertiary/aromatic N) is 1. The summed E-state index contributed by atoms with van der Waals surface area (Å²) in [5, 5.41) is 0. The van der Waals surface area contributed by atoms with E-state index in [0.29, 0.717) is 29.2 Å². The highest BCUT2D eigenvalue weighted by molar-refractivity contribution is 5.93. The van der Waals surface area contributed by atoms with E-state index >= 15 is 0 Å². The molecule has 0 aliphatic rings. The first-order valence-corrected chi connectivity index (χ1v) is 6.03. The third-order valence-electron chi connectivity index (χ3n) is 2.71. The number of benzene rings is 1. The molecule has 98 valence electrons. The summed E-state index contributed by atoms with van der Waals surface area (Å²) >= 11 is 0. The quantitative estimate of drug-likeness (QED) is 0.781. The zero-order valence-electron chi connectivity index (χ0n) is 10.8. The Balaban J connectivity index is 2.15. The number of aryl methyl sites for hydroxylation is 1. The maximum absolute atomic E-state index is 13.1. The van der Waals surface area contributed by atoms with Crippen molar-refractivity contribution in [2.75, 3.05) is 0 Å². The average molecular weight is 259 g/mol. The van der Waals surface area contributed by atoms with Gasteiger partial charge >= 0.3 is 0 Å². The van der Waals surface area contributed by atoms with Crippen molar-refractivity contribution in [3.05, 3.63) is 53.6 Å². The standard InChI is InChI=1S/C15H14FNO2/c1-3-15(18)14-7-5-12(9-17-14)19-11-4-6-13(16)10(2)8-11/h4-9H,3H2,1-2H3. The van der Waals surface area contributed by atoms with Crippen LogP contribution in [-0.4, -0.2) is 10.8 Å². The van der Waals surface area contributed by atoms with Crippen LogP contribution in [0.15, 0.2) is 36.5 Å². The van der Waals surface area contributed by atoms with Crippen molar-refractivity contribution in [3.8, 4) is 11.5 Å². The van der Waals surface area contributed by atoms with Gasteiger partial charge in [-0.3, -0.25) is 4.79 Å². The van der Waals surface area contributed by atoms with Gasteiger partial charge in [0.25, 0.3) is 0 Å².